The number of nitrogens with two attached hydrogens (primary N) is 1. The van der Waals surface area contributed by atoms with Crippen LogP contribution in [0.1, 0.15) is 0 Å². The summed E-state index contributed by atoms with van der Waals surface area (Å²) < 4.78 is 27.2. The Morgan fingerprint density at radius 3 is 2.74 bits per heavy atom. The highest BCUT2D eigenvalue weighted by molar-refractivity contribution is 9.10. The highest BCUT2D eigenvalue weighted by atomic mass is 79.9. The van der Waals surface area contributed by atoms with Crippen LogP contribution in [0.5, 0.6) is 0 Å². The Morgan fingerprint density at radius 2 is 2.05 bits per heavy atom. The topological polar surface area (TPSA) is 85.1 Å². The second-order valence-electron chi connectivity index (χ2n) is 3.63. The lowest BCUT2D eigenvalue weighted by Gasteiger charge is -2.11. The minimum absolute atomic E-state index is 0.0734. The van der Waals surface area contributed by atoms with E-state index in [2.05, 4.69) is 25.6 Å². The first-order valence-electron chi connectivity index (χ1n) is 5.08. The van der Waals surface area contributed by atoms with Gasteiger partial charge in [-0.3, -0.25) is 4.72 Å². The largest absolute Gasteiger partial charge is 0.398 e. The Morgan fingerprint density at radius 1 is 1.32 bits per heavy atom. The molecule has 0 bridgehead atoms. The van der Waals surface area contributed by atoms with E-state index in [9.17, 15) is 8.42 Å². The number of benzene rings is 1. The van der Waals surface area contributed by atoms with Crippen molar-refractivity contribution in [1.82, 2.24) is 4.98 Å². The maximum absolute atomic E-state index is 12.2. The molecule has 19 heavy (non-hydrogen) atoms. The summed E-state index contributed by atoms with van der Waals surface area (Å²) in [5.74, 6) is 0. The summed E-state index contributed by atoms with van der Waals surface area (Å²) in [4.78, 5) is 3.86. The van der Waals surface area contributed by atoms with E-state index in [0.29, 0.717) is 15.3 Å². The molecule has 0 atom stereocenters. The lowest BCUT2D eigenvalue weighted by Crippen LogP contribution is -2.15. The molecular formula is C11H9BrClN3O2S. The fraction of sp³-hybridized carbons (Fsp3) is 0. The molecule has 1 aromatic heterocycles. The van der Waals surface area contributed by atoms with Crippen molar-refractivity contribution in [3.05, 3.63) is 46.2 Å². The number of pyridine rings is 1. The van der Waals surface area contributed by atoms with Gasteiger partial charge in [0.15, 0.2) is 0 Å². The van der Waals surface area contributed by atoms with Crippen LogP contribution in [0.15, 0.2) is 46.0 Å². The molecule has 1 heterocycles. The predicted molar refractivity (Wildman–Crippen MR) is 78.6 cm³/mol. The van der Waals surface area contributed by atoms with Crippen LogP contribution in [-0.2, 0) is 10.0 Å². The van der Waals surface area contributed by atoms with E-state index in [1.165, 1.54) is 24.4 Å². The van der Waals surface area contributed by atoms with Gasteiger partial charge in [-0.2, -0.15) is 0 Å². The standard InChI is InChI=1S/C11H9BrClN3O2S/c12-11-9(2-1-5-15-11)16-19(17,18)10-6-7(13)3-4-8(10)14/h1-6,16H,14H2. The molecule has 100 valence electrons. The molecule has 2 aromatic rings. The first-order chi connectivity index (χ1) is 8.90. The number of nitrogens with one attached hydrogen (secondary N) is 1. The number of aromatic nitrogens is 1. The van der Waals surface area contributed by atoms with Gasteiger partial charge in [-0.1, -0.05) is 11.6 Å². The normalized spacial score (nSPS) is 11.3. The second-order valence-corrected chi connectivity index (χ2v) is 6.47. The van der Waals surface area contributed by atoms with Crippen molar-refractivity contribution in [2.24, 2.45) is 0 Å². The van der Waals surface area contributed by atoms with Crippen LogP contribution in [0.3, 0.4) is 0 Å². The Balaban J connectivity index is 2.44. The number of nitrogens with zero attached hydrogens (tertiary/aromatic N) is 1. The molecular weight excluding hydrogens is 354 g/mol. The highest BCUT2D eigenvalue weighted by Gasteiger charge is 2.19. The van der Waals surface area contributed by atoms with Gasteiger partial charge in [-0.05, 0) is 46.3 Å². The third-order valence-electron chi connectivity index (χ3n) is 2.27. The van der Waals surface area contributed by atoms with Crippen molar-refractivity contribution >= 4 is 48.9 Å². The molecule has 0 saturated carbocycles. The van der Waals surface area contributed by atoms with E-state index < -0.39 is 10.0 Å². The van der Waals surface area contributed by atoms with Crippen LogP contribution in [0.4, 0.5) is 11.4 Å². The molecule has 0 aliphatic heterocycles. The number of hydrogen-bond acceptors (Lipinski definition) is 4. The van der Waals surface area contributed by atoms with Gasteiger partial charge >= 0.3 is 0 Å². The number of rotatable bonds is 3. The van der Waals surface area contributed by atoms with Crippen molar-refractivity contribution < 1.29 is 8.42 Å². The average Bonchev–Trinajstić information content (AvgIpc) is 2.35. The number of nitrogen functional groups attached to an aromatic ring is 1. The van der Waals surface area contributed by atoms with Crippen molar-refractivity contribution in [3.63, 3.8) is 0 Å². The Labute approximate surface area is 124 Å². The van der Waals surface area contributed by atoms with Crippen LogP contribution in [0.25, 0.3) is 0 Å². The molecule has 8 heteroatoms. The molecule has 0 amide bonds. The Bertz CT molecular complexity index is 722. The van der Waals surface area contributed by atoms with Crippen LogP contribution in [0, 0.1) is 0 Å². The van der Waals surface area contributed by atoms with Gasteiger partial charge in [0.2, 0.25) is 0 Å². The summed E-state index contributed by atoms with van der Waals surface area (Å²) in [7, 11) is -3.82. The lowest BCUT2D eigenvalue weighted by molar-refractivity contribution is 0.601. The molecule has 0 spiro atoms. The van der Waals surface area contributed by atoms with Crippen molar-refractivity contribution in [1.29, 1.82) is 0 Å². The molecule has 3 N–H and O–H groups in total. The minimum atomic E-state index is -3.82. The van der Waals surface area contributed by atoms with E-state index in [0.717, 1.165) is 0 Å². The molecule has 0 aliphatic carbocycles. The quantitative estimate of drug-likeness (QED) is 0.649. The predicted octanol–water partition coefficient (Wildman–Crippen LogP) is 2.88. The van der Waals surface area contributed by atoms with Crippen LogP contribution in [-0.4, -0.2) is 13.4 Å². The molecule has 0 saturated heterocycles. The van der Waals surface area contributed by atoms with Crippen LogP contribution in [0.2, 0.25) is 5.02 Å². The van der Waals surface area contributed by atoms with Crippen LogP contribution >= 0.6 is 27.5 Å². The second kappa shape index (κ2) is 5.36. The van der Waals surface area contributed by atoms with E-state index in [4.69, 9.17) is 17.3 Å². The molecule has 0 fully saturated rings. The van der Waals surface area contributed by atoms with Crippen LogP contribution < -0.4 is 10.5 Å². The zero-order valence-corrected chi connectivity index (χ0v) is 12.6. The maximum Gasteiger partial charge on any atom is 0.264 e. The van der Waals surface area contributed by atoms with E-state index in [-0.39, 0.29) is 10.6 Å². The number of sulfonamides is 1. The van der Waals surface area contributed by atoms with Crippen molar-refractivity contribution in [2.45, 2.75) is 4.90 Å². The van der Waals surface area contributed by atoms with Gasteiger partial charge in [-0.15, -0.1) is 0 Å². The minimum Gasteiger partial charge on any atom is -0.398 e. The number of anilines is 2. The first-order valence-corrected chi connectivity index (χ1v) is 7.74. The Hall–Kier alpha value is -1.31. The number of halogens is 2. The number of hydrogen-bond donors (Lipinski definition) is 2. The zero-order chi connectivity index (χ0) is 14.0. The summed E-state index contributed by atoms with van der Waals surface area (Å²) in [6.45, 7) is 0. The summed E-state index contributed by atoms with van der Waals surface area (Å²) in [6.07, 6.45) is 1.54. The average molecular weight is 363 g/mol. The molecule has 1 aromatic carbocycles. The van der Waals surface area contributed by atoms with Crippen molar-refractivity contribution in [2.75, 3.05) is 10.5 Å². The molecule has 0 unspecified atom stereocenters. The smallest absolute Gasteiger partial charge is 0.264 e. The summed E-state index contributed by atoms with van der Waals surface area (Å²) in [6, 6.07) is 7.45. The molecule has 0 radical (unpaired) electrons. The monoisotopic (exact) mass is 361 g/mol. The van der Waals surface area contributed by atoms with Gasteiger partial charge in [0.25, 0.3) is 10.0 Å². The fourth-order valence-corrected chi connectivity index (χ4v) is 3.35. The van der Waals surface area contributed by atoms with Gasteiger partial charge in [0.1, 0.15) is 9.50 Å². The Kier molecular flexibility index (Phi) is 3.98. The van der Waals surface area contributed by atoms with E-state index in [1.807, 2.05) is 0 Å². The lowest BCUT2D eigenvalue weighted by atomic mass is 10.3. The van der Waals surface area contributed by atoms with Gasteiger partial charge in [-0.25, -0.2) is 13.4 Å². The highest BCUT2D eigenvalue weighted by Crippen LogP contribution is 2.27. The van der Waals surface area contributed by atoms with E-state index in [1.54, 1.807) is 12.1 Å². The molecule has 5 nitrogen and oxygen atoms in total. The summed E-state index contributed by atoms with van der Waals surface area (Å²) in [5, 5.41) is 0.292. The summed E-state index contributed by atoms with van der Waals surface area (Å²) >= 11 is 8.95. The SMILES string of the molecule is Nc1ccc(Cl)cc1S(=O)(=O)Nc1cccnc1Br. The maximum atomic E-state index is 12.2. The van der Waals surface area contributed by atoms with Gasteiger partial charge in [0, 0.05) is 11.2 Å². The third kappa shape index (κ3) is 3.17. The first kappa shape index (κ1) is 14.1. The zero-order valence-electron chi connectivity index (χ0n) is 9.47. The van der Waals surface area contributed by atoms with E-state index >= 15 is 0 Å². The van der Waals surface area contributed by atoms with Gasteiger partial charge < -0.3 is 5.73 Å². The fourth-order valence-electron chi connectivity index (χ4n) is 1.40. The van der Waals surface area contributed by atoms with Gasteiger partial charge in [0.05, 0.1) is 11.4 Å². The summed E-state index contributed by atoms with van der Waals surface area (Å²) in [5.41, 5.74) is 6.11. The molecule has 0 aliphatic rings. The van der Waals surface area contributed by atoms with Crippen molar-refractivity contribution in [3.8, 4) is 0 Å². The third-order valence-corrected chi connectivity index (χ3v) is 4.56. The molecule has 2 rings (SSSR count).